The van der Waals surface area contributed by atoms with E-state index >= 15 is 0 Å². The first-order chi connectivity index (χ1) is 12.1. The number of benzene rings is 1. The van der Waals surface area contributed by atoms with Crippen molar-refractivity contribution in [1.29, 1.82) is 0 Å². The van der Waals surface area contributed by atoms with Crippen LogP contribution in [0.25, 0.3) is 12.2 Å². The SMILES string of the molecule is C=C/C=c1/c(NC(C)=O)c2c(n/c1=C/C)N(Cc1ccccc1)CC2. The van der Waals surface area contributed by atoms with Gasteiger partial charge in [-0.05, 0) is 18.9 Å². The maximum Gasteiger partial charge on any atom is 0.221 e. The van der Waals surface area contributed by atoms with Gasteiger partial charge >= 0.3 is 0 Å². The molecule has 0 fully saturated rings. The third kappa shape index (κ3) is 3.48. The summed E-state index contributed by atoms with van der Waals surface area (Å²) in [6.07, 6.45) is 6.48. The van der Waals surface area contributed by atoms with Crippen LogP contribution in [0.5, 0.6) is 0 Å². The molecule has 1 aromatic carbocycles. The number of carbonyl (C=O) groups is 1. The summed E-state index contributed by atoms with van der Waals surface area (Å²) >= 11 is 0. The first kappa shape index (κ1) is 17.0. The Morgan fingerprint density at radius 3 is 2.76 bits per heavy atom. The zero-order valence-corrected chi connectivity index (χ0v) is 14.7. The maximum atomic E-state index is 11.7. The highest BCUT2D eigenvalue weighted by molar-refractivity contribution is 5.91. The first-order valence-corrected chi connectivity index (χ1v) is 8.52. The van der Waals surface area contributed by atoms with Gasteiger partial charge in [-0.15, -0.1) is 0 Å². The molecule has 0 atom stereocenters. The van der Waals surface area contributed by atoms with Crippen molar-refractivity contribution in [3.05, 3.63) is 64.7 Å². The molecule has 25 heavy (non-hydrogen) atoms. The van der Waals surface area contributed by atoms with Gasteiger partial charge in [-0.2, -0.15) is 0 Å². The predicted molar refractivity (Wildman–Crippen MR) is 104 cm³/mol. The standard InChI is InChI=1S/C21H23N3O/c1-4-9-17-19(5-2)23-21-18(20(17)22-15(3)25)12-13-24(21)14-16-10-7-6-8-11-16/h4-11H,1,12-14H2,2-3H3,(H,22,25)/b17-9+,19-5+. The number of anilines is 2. The Morgan fingerprint density at radius 1 is 1.36 bits per heavy atom. The average molecular weight is 333 g/mol. The van der Waals surface area contributed by atoms with Crippen molar-refractivity contribution < 1.29 is 4.79 Å². The summed E-state index contributed by atoms with van der Waals surface area (Å²) in [6, 6.07) is 10.4. The molecular formula is C21H23N3O. The predicted octanol–water partition coefficient (Wildman–Crippen LogP) is 2.37. The van der Waals surface area contributed by atoms with E-state index in [4.69, 9.17) is 4.98 Å². The van der Waals surface area contributed by atoms with Gasteiger partial charge in [0.05, 0.1) is 11.0 Å². The number of rotatable bonds is 4. The maximum absolute atomic E-state index is 11.7. The average Bonchev–Trinajstić information content (AvgIpc) is 3.00. The molecule has 0 aliphatic carbocycles. The van der Waals surface area contributed by atoms with E-state index in [1.54, 1.807) is 6.08 Å². The van der Waals surface area contributed by atoms with Crippen LogP contribution in [0.2, 0.25) is 0 Å². The van der Waals surface area contributed by atoms with Gasteiger partial charge in [0, 0.05) is 30.8 Å². The third-order valence-electron chi connectivity index (χ3n) is 4.35. The second-order valence-electron chi connectivity index (χ2n) is 6.12. The van der Waals surface area contributed by atoms with Crippen LogP contribution in [0, 0.1) is 0 Å². The van der Waals surface area contributed by atoms with E-state index in [1.807, 2.05) is 25.1 Å². The summed E-state index contributed by atoms with van der Waals surface area (Å²) in [7, 11) is 0. The van der Waals surface area contributed by atoms with Crippen molar-refractivity contribution >= 4 is 29.6 Å². The quantitative estimate of drug-likeness (QED) is 0.934. The van der Waals surface area contributed by atoms with Gasteiger partial charge in [-0.3, -0.25) is 4.79 Å². The smallest absolute Gasteiger partial charge is 0.221 e. The molecule has 4 nitrogen and oxygen atoms in total. The van der Waals surface area contributed by atoms with Crippen molar-refractivity contribution in [3.63, 3.8) is 0 Å². The van der Waals surface area contributed by atoms with E-state index in [9.17, 15) is 4.79 Å². The molecule has 0 radical (unpaired) electrons. The van der Waals surface area contributed by atoms with Gasteiger partial charge in [0.15, 0.2) is 0 Å². The van der Waals surface area contributed by atoms with E-state index in [-0.39, 0.29) is 5.91 Å². The van der Waals surface area contributed by atoms with Crippen molar-refractivity contribution in [2.24, 2.45) is 0 Å². The van der Waals surface area contributed by atoms with Crippen LogP contribution >= 0.6 is 0 Å². The Kier molecular flexibility index (Phi) is 4.98. The molecule has 0 unspecified atom stereocenters. The Morgan fingerprint density at radius 2 is 2.12 bits per heavy atom. The number of nitrogens with one attached hydrogen (secondary N) is 1. The lowest BCUT2D eigenvalue weighted by molar-refractivity contribution is -0.114. The van der Waals surface area contributed by atoms with Crippen molar-refractivity contribution in [2.45, 2.75) is 26.8 Å². The van der Waals surface area contributed by atoms with Crippen molar-refractivity contribution in [1.82, 2.24) is 4.98 Å². The molecule has 0 spiro atoms. The molecule has 1 aliphatic rings. The van der Waals surface area contributed by atoms with Crippen molar-refractivity contribution in [2.75, 3.05) is 16.8 Å². The third-order valence-corrected chi connectivity index (χ3v) is 4.35. The summed E-state index contributed by atoms with van der Waals surface area (Å²) in [4.78, 5) is 18.9. The van der Waals surface area contributed by atoms with Gasteiger partial charge in [0.25, 0.3) is 0 Å². The normalized spacial score (nSPS) is 14.6. The number of fused-ring (bicyclic) bond motifs is 1. The monoisotopic (exact) mass is 333 g/mol. The molecule has 2 aromatic rings. The molecule has 1 aromatic heterocycles. The molecule has 1 N–H and O–H groups in total. The highest BCUT2D eigenvalue weighted by Gasteiger charge is 2.25. The number of nitrogens with zero attached hydrogens (tertiary/aromatic N) is 2. The fourth-order valence-corrected chi connectivity index (χ4v) is 3.28. The van der Waals surface area contributed by atoms with Gasteiger partial charge in [-0.1, -0.05) is 55.1 Å². The number of carbonyl (C=O) groups excluding carboxylic acids is 1. The minimum Gasteiger partial charge on any atom is -0.352 e. The zero-order chi connectivity index (χ0) is 17.8. The molecule has 0 saturated carbocycles. The molecule has 4 heteroatoms. The Labute approximate surface area is 148 Å². The minimum atomic E-state index is -0.0734. The Balaban J connectivity index is 2.13. The fraction of sp³-hybridized carbons (Fsp3) is 0.238. The van der Waals surface area contributed by atoms with Crippen LogP contribution < -0.4 is 20.8 Å². The number of hydrogen-bond acceptors (Lipinski definition) is 3. The molecule has 3 rings (SSSR count). The second kappa shape index (κ2) is 7.34. The number of hydrogen-bond donors (Lipinski definition) is 1. The summed E-state index contributed by atoms with van der Waals surface area (Å²) in [5.74, 6) is 0.887. The van der Waals surface area contributed by atoms with Gasteiger partial charge in [-0.25, -0.2) is 4.98 Å². The molecular weight excluding hydrogens is 310 g/mol. The second-order valence-corrected chi connectivity index (χ2v) is 6.12. The Bertz CT molecular complexity index is 916. The Hall–Kier alpha value is -2.88. The van der Waals surface area contributed by atoms with Crippen LogP contribution in [-0.4, -0.2) is 17.4 Å². The zero-order valence-electron chi connectivity index (χ0n) is 14.7. The highest BCUT2D eigenvalue weighted by atomic mass is 16.1. The number of allylic oxidation sites excluding steroid dienone is 1. The van der Waals surface area contributed by atoms with E-state index in [1.165, 1.54) is 12.5 Å². The number of pyridine rings is 1. The lowest BCUT2D eigenvalue weighted by Gasteiger charge is -2.19. The lowest BCUT2D eigenvalue weighted by Crippen LogP contribution is -2.34. The number of amides is 1. The fourth-order valence-electron chi connectivity index (χ4n) is 3.28. The first-order valence-electron chi connectivity index (χ1n) is 8.52. The minimum absolute atomic E-state index is 0.0734. The topological polar surface area (TPSA) is 45.2 Å². The molecule has 128 valence electrons. The van der Waals surface area contributed by atoms with E-state index in [0.29, 0.717) is 0 Å². The summed E-state index contributed by atoms with van der Waals surface area (Å²) in [6.45, 7) is 9.00. The molecule has 0 bridgehead atoms. The van der Waals surface area contributed by atoms with Crippen LogP contribution in [-0.2, 0) is 17.8 Å². The van der Waals surface area contributed by atoms with Gasteiger partial charge in [0.2, 0.25) is 5.91 Å². The van der Waals surface area contributed by atoms with Crippen LogP contribution in [0.15, 0.2) is 43.0 Å². The van der Waals surface area contributed by atoms with Gasteiger partial charge in [0.1, 0.15) is 5.82 Å². The van der Waals surface area contributed by atoms with Crippen LogP contribution in [0.1, 0.15) is 25.0 Å². The van der Waals surface area contributed by atoms with E-state index in [0.717, 1.165) is 47.1 Å². The summed E-state index contributed by atoms with van der Waals surface area (Å²) in [5.41, 5.74) is 3.22. The highest BCUT2D eigenvalue weighted by Crippen LogP contribution is 2.30. The lowest BCUT2D eigenvalue weighted by atomic mass is 10.1. The summed E-state index contributed by atoms with van der Waals surface area (Å²) in [5, 5.41) is 4.80. The number of aromatic nitrogens is 1. The summed E-state index contributed by atoms with van der Waals surface area (Å²) < 4.78 is 0. The van der Waals surface area contributed by atoms with E-state index < -0.39 is 0 Å². The molecule has 1 amide bonds. The van der Waals surface area contributed by atoms with E-state index in [2.05, 4.69) is 41.1 Å². The van der Waals surface area contributed by atoms with Gasteiger partial charge < -0.3 is 10.2 Å². The molecule has 1 aliphatic heterocycles. The molecule has 0 saturated heterocycles. The molecule has 2 heterocycles. The van der Waals surface area contributed by atoms with Crippen LogP contribution in [0.3, 0.4) is 0 Å². The van der Waals surface area contributed by atoms with Crippen LogP contribution in [0.4, 0.5) is 11.5 Å². The largest absolute Gasteiger partial charge is 0.352 e. The van der Waals surface area contributed by atoms with Crippen molar-refractivity contribution in [3.8, 4) is 0 Å².